The van der Waals surface area contributed by atoms with E-state index in [-0.39, 0.29) is 0 Å². The van der Waals surface area contributed by atoms with Gasteiger partial charge in [0.2, 0.25) is 0 Å². The molecule has 0 atom stereocenters. The second-order valence-corrected chi connectivity index (χ2v) is 3.77. The van der Waals surface area contributed by atoms with Gasteiger partial charge >= 0.3 is 5.97 Å². The zero-order valence-corrected chi connectivity index (χ0v) is 7.92. The summed E-state index contributed by atoms with van der Waals surface area (Å²) >= 11 is 0. The maximum absolute atomic E-state index is 11.1. The molecule has 0 spiro atoms. The highest BCUT2D eigenvalue weighted by Crippen LogP contribution is 2.34. The van der Waals surface area contributed by atoms with Gasteiger partial charge in [0.05, 0.1) is 5.41 Å². The quantitative estimate of drug-likeness (QED) is 0.641. The predicted octanol–water partition coefficient (Wildman–Crippen LogP) is 0.806. The summed E-state index contributed by atoms with van der Waals surface area (Å²) in [5.74, 6) is 1.74. The van der Waals surface area contributed by atoms with Crippen LogP contribution in [0.3, 0.4) is 0 Å². The number of likely N-dealkylation sites (tertiary alicyclic amines) is 1. The molecule has 1 aliphatic rings. The number of aliphatic carboxylic acids is 1. The van der Waals surface area contributed by atoms with Gasteiger partial charge < -0.3 is 10.0 Å². The summed E-state index contributed by atoms with van der Waals surface area (Å²) in [4.78, 5) is 13.2. The molecule has 72 valence electrons. The lowest BCUT2D eigenvalue weighted by Gasteiger charge is -2.36. The minimum atomic E-state index is -0.737. The van der Waals surface area contributed by atoms with Crippen molar-refractivity contribution < 1.29 is 9.90 Å². The third kappa shape index (κ3) is 2.02. The van der Waals surface area contributed by atoms with Crippen molar-refractivity contribution in [2.45, 2.75) is 19.3 Å². The van der Waals surface area contributed by atoms with E-state index >= 15 is 0 Å². The Bertz CT molecular complexity index is 234. The average molecular weight is 181 g/mol. The minimum Gasteiger partial charge on any atom is -0.481 e. The molecule has 1 heterocycles. The topological polar surface area (TPSA) is 40.5 Å². The lowest BCUT2D eigenvalue weighted by Crippen LogP contribution is -2.42. The van der Waals surface area contributed by atoms with Gasteiger partial charge in [0.25, 0.3) is 0 Å². The highest BCUT2D eigenvalue weighted by molar-refractivity contribution is 5.75. The van der Waals surface area contributed by atoms with Gasteiger partial charge in [-0.15, -0.1) is 12.3 Å². The van der Waals surface area contributed by atoms with Gasteiger partial charge in [-0.2, -0.15) is 0 Å². The van der Waals surface area contributed by atoms with E-state index in [1.807, 2.05) is 7.05 Å². The molecule has 0 amide bonds. The molecule has 1 fully saturated rings. The first-order valence-corrected chi connectivity index (χ1v) is 4.46. The first-order valence-electron chi connectivity index (χ1n) is 4.46. The summed E-state index contributed by atoms with van der Waals surface area (Å²) in [6.07, 6.45) is 6.89. The van der Waals surface area contributed by atoms with Crippen LogP contribution >= 0.6 is 0 Å². The Morgan fingerprint density at radius 1 is 1.62 bits per heavy atom. The fourth-order valence-corrected chi connectivity index (χ4v) is 1.71. The number of carboxylic acids is 1. The van der Waals surface area contributed by atoms with Crippen LogP contribution in [0, 0.1) is 17.8 Å². The second-order valence-electron chi connectivity index (χ2n) is 3.77. The lowest BCUT2D eigenvalue weighted by atomic mass is 9.76. The molecule has 0 unspecified atom stereocenters. The molecule has 0 aromatic rings. The van der Waals surface area contributed by atoms with E-state index < -0.39 is 11.4 Å². The maximum Gasteiger partial charge on any atom is 0.310 e. The number of hydrogen-bond donors (Lipinski definition) is 1. The molecule has 1 saturated heterocycles. The van der Waals surface area contributed by atoms with Crippen molar-refractivity contribution in [2.24, 2.45) is 5.41 Å². The zero-order valence-electron chi connectivity index (χ0n) is 7.92. The van der Waals surface area contributed by atoms with Crippen LogP contribution in [0.25, 0.3) is 0 Å². The molecule has 1 aliphatic heterocycles. The van der Waals surface area contributed by atoms with E-state index in [0.29, 0.717) is 19.3 Å². The van der Waals surface area contributed by atoms with Gasteiger partial charge in [-0.1, -0.05) is 0 Å². The molecule has 0 bridgehead atoms. The van der Waals surface area contributed by atoms with Crippen LogP contribution in [0.5, 0.6) is 0 Å². The summed E-state index contributed by atoms with van der Waals surface area (Å²) in [6.45, 7) is 1.65. The average Bonchev–Trinajstić information content (AvgIpc) is 2.09. The largest absolute Gasteiger partial charge is 0.481 e. The van der Waals surface area contributed by atoms with E-state index in [1.54, 1.807) is 0 Å². The molecule has 0 aromatic carbocycles. The van der Waals surface area contributed by atoms with Crippen LogP contribution in [-0.4, -0.2) is 36.1 Å². The SMILES string of the molecule is C#CCC1(C(=O)O)CCN(C)CC1. The summed E-state index contributed by atoms with van der Waals surface area (Å²) in [5, 5.41) is 9.09. The van der Waals surface area contributed by atoms with Crippen LogP contribution in [0.1, 0.15) is 19.3 Å². The third-order valence-corrected chi connectivity index (χ3v) is 2.84. The third-order valence-electron chi connectivity index (χ3n) is 2.84. The van der Waals surface area contributed by atoms with Crippen molar-refractivity contribution in [3.05, 3.63) is 0 Å². The Labute approximate surface area is 78.7 Å². The van der Waals surface area contributed by atoms with Crippen molar-refractivity contribution in [1.82, 2.24) is 4.90 Å². The van der Waals surface area contributed by atoms with Gasteiger partial charge in [0.1, 0.15) is 0 Å². The Balaban J connectivity index is 2.70. The van der Waals surface area contributed by atoms with E-state index in [1.165, 1.54) is 0 Å². The van der Waals surface area contributed by atoms with Crippen LogP contribution in [0.15, 0.2) is 0 Å². The Hall–Kier alpha value is -1.01. The molecule has 13 heavy (non-hydrogen) atoms. The van der Waals surface area contributed by atoms with Crippen molar-refractivity contribution >= 4 is 5.97 Å². The molecular formula is C10H15NO2. The van der Waals surface area contributed by atoms with Gasteiger partial charge in [-0.25, -0.2) is 0 Å². The molecule has 1 rings (SSSR count). The summed E-state index contributed by atoms with van der Waals surface area (Å²) in [6, 6.07) is 0. The van der Waals surface area contributed by atoms with E-state index in [0.717, 1.165) is 13.1 Å². The summed E-state index contributed by atoms with van der Waals surface area (Å²) in [5.41, 5.74) is -0.652. The Morgan fingerprint density at radius 3 is 2.54 bits per heavy atom. The molecule has 3 heteroatoms. The maximum atomic E-state index is 11.1. The molecule has 0 aromatic heterocycles. The fraction of sp³-hybridized carbons (Fsp3) is 0.700. The van der Waals surface area contributed by atoms with E-state index in [9.17, 15) is 4.79 Å². The summed E-state index contributed by atoms with van der Waals surface area (Å²) in [7, 11) is 2.00. The highest BCUT2D eigenvalue weighted by atomic mass is 16.4. The lowest BCUT2D eigenvalue weighted by molar-refractivity contribution is -0.151. The van der Waals surface area contributed by atoms with Gasteiger partial charge in [-0.3, -0.25) is 4.79 Å². The number of piperidine rings is 1. The smallest absolute Gasteiger partial charge is 0.310 e. The number of terminal acetylenes is 1. The molecule has 0 saturated carbocycles. The molecule has 0 radical (unpaired) electrons. The van der Waals surface area contributed by atoms with Crippen LogP contribution in [-0.2, 0) is 4.79 Å². The number of carboxylic acid groups (broad SMARTS) is 1. The Kier molecular flexibility index (Phi) is 2.94. The van der Waals surface area contributed by atoms with Gasteiger partial charge in [0.15, 0.2) is 0 Å². The first kappa shape index (κ1) is 10.1. The minimum absolute atomic E-state index is 0.357. The number of carbonyl (C=O) groups is 1. The number of hydrogen-bond acceptors (Lipinski definition) is 2. The van der Waals surface area contributed by atoms with Crippen LogP contribution in [0.4, 0.5) is 0 Å². The monoisotopic (exact) mass is 181 g/mol. The van der Waals surface area contributed by atoms with Crippen molar-refractivity contribution in [1.29, 1.82) is 0 Å². The predicted molar refractivity (Wildman–Crippen MR) is 50.2 cm³/mol. The molecule has 1 N–H and O–H groups in total. The fourth-order valence-electron chi connectivity index (χ4n) is 1.71. The highest BCUT2D eigenvalue weighted by Gasteiger charge is 2.39. The van der Waals surface area contributed by atoms with E-state index in [2.05, 4.69) is 10.8 Å². The standard InChI is InChI=1S/C10H15NO2/c1-3-4-10(9(12)13)5-7-11(2)8-6-10/h1H,4-8H2,2H3,(H,12,13). The van der Waals surface area contributed by atoms with Gasteiger partial charge in [0, 0.05) is 6.42 Å². The number of rotatable bonds is 2. The van der Waals surface area contributed by atoms with E-state index in [4.69, 9.17) is 11.5 Å². The summed E-state index contributed by atoms with van der Waals surface area (Å²) < 4.78 is 0. The number of nitrogens with zero attached hydrogens (tertiary/aromatic N) is 1. The first-order chi connectivity index (χ1) is 6.10. The zero-order chi connectivity index (χ0) is 9.90. The second kappa shape index (κ2) is 3.80. The Morgan fingerprint density at radius 2 is 2.15 bits per heavy atom. The molecule has 3 nitrogen and oxygen atoms in total. The van der Waals surface area contributed by atoms with Crippen molar-refractivity contribution in [3.8, 4) is 12.3 Å². The molecule has 0 aliphatic carbocycles. The normalized spacial score (nSPS) is 22.2. The van der Waals surface area contributed by atoms with Crippen LogP contribution in [0.2, 0.25) is 0 Å². The molecular weight excluding hydrogens is 166 g/mol. The van der Waals surface area contributed by atoms with Crippen LogP contribution < -0.4 is 0 Å². The van der Waals surface area contributed by atoms with Gasteiger partial charge in [-0.05, 0) is 33.0 Å². The van der Waals surface area contributed by atoms with Crippen molar-refractivity contribution in [3.63, 3.8) is 0 Å². The van der Waals surface area contributed by atoms with Crippen molar-refractivity contribution in [2.75, 3.05) is 20.1 Å².